The molecule has 0 saturated heterocycles. The van der Waals surface area contributed by atoms with Crippen LogP contribution in [-0.4, -0.2) is 26.0 Å². The zero-order valence-electron chi connectivity index (χ0n) is 7.34. The molecule has 4 heteroatoms. The van der Waals surface area contributed by atoms with Gasteiger partial charge < -0.3 is 10.1 Å². The number of nitrogens with one attached hydrogen (secondary N) is 1. The summed E-state index contributed by atoms with van der Waals surface area (Å²) in [6.45, 7) is 0.685. The summed E-state index contributed by atoms with van der Waals surface area (Å²) in [5.41, 5.74) is 0. The molecule has 4 nitrogen and oxygen atoms in total. The molecule has 0 saturated carbocycles. The Morgan fingerprint density at radius 2 is 2.17 bits per heavy atom. The summed E-state index contributed by atoms with van der Waals surface area (Å²) in [5, 5.41) is 2.55. The van der Waals surface area contributed by atoms with Crippen molar-refractivity contribution < 1.29 is 14.3 Å². The van der Waals surface area contributed by atoms with Crippen molar-refractivity contribution >= 4 is 12.4 Å². The molecule has 0 aromatic rings. The van der Waals surface area contributed by atoms with E-state index in [2.05, 4.69) is 10.1 Å². The molecule has 0 aliphatic heterocycles. The summed E-state index contributed by atoms with van der Waals surface area (Å²) in [6, 6.07) is 0. The van der Waals surface area contributed by atoms with Gasteiger partial charge in [0.1, 0.15) is 0 Å². The highest BCUT2D eigenvalue weighted by atomic mass is 16.5. The molecule has 0 bridgehead atoms. The molecule has 0 atom stereocenters. The molecule has 0 radical (unpaired) electrons. The molecular formula is C8H15NO3. The van der Waals surface area contributed by atoms with E-state index in [1.165, 1.54) is 7.11 Å². The third-order valence-corrected chi connectivity index (χ3v) is 1.51. The van der Waals surface area contributed by atoms with Crippen LogP contribution < -0.4 is 5.32 Å². The first-order valence-corrected chi connectivity index (χ1v) is 4.05. The van der Waals surface area contributed by atoms with Gasteiger partial charge in [-0.05, 0) is 12.8 Å². The summed E-state index contributed by atoms with van der Waals surface area (Å²) in [7, 11) is 1.39. The number of rotatable bonds is 7. The monoisotopic (exact) mass is 173 g/mol. The summed E-state index contributed by atoms with van der Waals surface area (Å²) >= 11 is 0. The highest BCUT2D eigenvalue weighted by Crippen LogP contribution is 1.99. The average Bonchev–Trinajstić information content (AvgIpc) is 2.10. The van der Waals surface area contributed by atoms with Gasteiger partial charge in [-0.1, -0.05) is 6.42 Å². The van der Waals surface area contributed by atoms with Crippen molar-refractivity contribution in [2.75, 3.05) is 13.7 Å². The molecule has 0 aliphatic rings. The van der Waals surface area contributed by atoms with Gasteiger partial charge in [0.05, 0.1) is 7.11 Å². The molecule has 0 rings (SSSR count). The van der Waals surface area contributed by atoms with Gasteiger partial charge in [0, 0.05) is 13.0 Å². The van der Waals surface area contributed by atoms with E-state index in [4.69, 9.17) is 0 Å². The van der Waals surface area contributed by atoms with E-state index in [-0.39, 0.29) is 5.97 Å². The molecule has 0 aliphatic carbocycles. The second kappa shape index (κ2) is 8.04. The van der Waals surface area contributed by atoms with E-state index in [0.717, 1.165) is 19.3 Å². The summed E-state index contributed by atoms with van der Waals surface area (Å²) in [6.07, 6.45) is 3.83. The lowest BCUT2D eigenvalue weighted by Gasteiger charge is -1.99. The average molecular weight is 173 g/mol. The Hall–Kier alpha value is -1.06. The first-order valence-electron chi connectivity index (χ1n) is 4.05. The summed E-state index contributed by atoms with van der Waals surface area (Å²) < 4.78 is 4.47. The lowest BCUT2D eigenvalue weighted by atomic mass is 10.2. The maximum absolute atomic E-state index is 10.6. The predicted octanol–water partition coefficient (Wildman–Crippen LogP) is 0.466. The lowest BCUT2D eigenvalue weighted by Crippen LogP contribution is -2.11. The largest absolute Gasteiger partial charge is 0.469 e. The third kappa shape index (κ3) is 7.05. The van der Waals surface area contributed by atoms with Gasteiger partial charge in [-0.15, -0.1) is 0 Å². The molecule has 0 aromatic heterocycles. The van der Waals surface area contributed by atoms with Crippen LogP contribution in [0.4, 0.5) is 0 Å². The predicted molar refractivity (Wildman–Crippen MR) is 44.6 cm³/mol. The number of amides is 1. The van der Waals surface area contributed by atoms with Crippen LogP contribution in [0.1, 0.15) is 25.7 Å². The maximum atomic E-state index is 10.6. The van der Waals surface area contributed by atoms with E-state index in [0.29, 0.717) is 19.4 Å². The SMILES string of the molecule is COC(=O)CCCCCNC=O. The molecule has 0 aromatic carbocycles. The van der Waals surface area contributed by atoms with Crippen molar-refractivity contribution in [1.82, 2.24) is 5.32 Å². The van der Waals surface area contributed by atoms with Crippen molar-refractivity contribution in [1.29, 1.82) is 0 Å². The van der Waals surface area contributed by atoms with Crippen LogP contribution in [0.3, 0.4) is 0 Å². The Labute approximate surface area is 72.3 Å². The summed E-state index contributed by atoms with van der Waals surface area (Å²) in [4.78, 5) is 20.4. The van der Waals surface area contributed by atoms with E-state index >= 15 is 0 Å². The lowest BCUT2D eigenvalue weighted by molar-refractivity contribution is -0.140. The van der Waals surface area contributed by atoms with Crippen molar-refractivity contribution in [2.24, 2.45) is 0 Å². The number of ether oxygens (including phenoxy) is 1. The van der Waals surface area contributed by atoms with Crippen molar-refractivity contribution in [3.8, 4) is 0 Å². The fraction of sp³-hybridized carbons (Fsp3) is 0.750. The minimum absolute atomic E-state index is 0.168. The molecule has 1 amide bonds. The molecule has 1 N–H and O–H groups in total. The maximum Gasteiger partial charge on any atom is 0.305 e. The van der Waals surface area contributed by atoms with Crippen LogP contribution in [0, 0.1) is 0 Å². The van der Waals surface area contributed by atoms with Crippen molar-refractivity contribution in [3.05, 3.63) is 0 Å². The second-order valence-corrected chi connectivity index (χ2v) is 2.46. The number of carbonyl (C=O) groups excluding carboxylic acids is 2. The molecular weight excluding hydrogens is 158 g/mol. The Morgan fingerprint density at radius 1 is 1.42 bits per heavy atom. The van der Waals surface area contributed by atoms with E-state index < -0.39 is 0 Å². The first-order chi connectivity index (χ1) is 5.81. The van der Waals surface area contributed by atoms with Crippen molar-refractivity contribution in [3.63, 3.8) is 0 Å². The second-order valence-electron chi connectivity index (χ2n) is 2.46. The van der Waals surface area contributed by atoms with Crippen LogP contribution in [-0.2, 0) is 14.3 Å². The van der Waals surface area contributed by atoms with Crippen LogP contribution in [0.5, 0.6) is 0 Å². The molecule has 70 valence electrons. The van der Waals surface area contributed by atoms with Gasteiger partial charge in [0.2, 0.25) is 6.41 Å². The van der Waals surface area contributed by atoms with Crippen LogP contribution >= 0.6 is 0 Å². The Kier molecular flexibility index (Phi) is 7.33. The standard InChI is InChI=1S/C8H15NO3/c1-12-8(11)5-3-2-4-6-9-7-10/h7H,2-6H2,1H3,(H,9,10). The molecule has 0 heterocycles. The number of methoxy groups -OCH3 is 1. The molecule has 0 fully saturated rings. The number of carbonyl (C=O) groups is 2. The number of hydrogen-bond acceptors (Lipinski definition) is 3. The zero-order chi connectivity index (χ0) is 9.23. The molecule has 0 spiro atoms. The zero-order valence-corrected chi connectivity index (χ0v) is 7.34. The number of unbranched alkanes of at least 4 members (excludes halogenated alkanes) is 2. The van der Waals surface area contributed by atoms with Gasteiger partial charge in [-0.2, -0.15) is 0 Å². The van der Waals surface area contributed by atoms with Crippen LogP contribution in [0.2, 0.25) is 0 Å². The summed E-state index contributed by atoms with van der Waals surface area (Å²) in [5.74, 6) is -0.168. The smallest absolute Gasteiger partial charge is 0.305 e. The number of esters is 1. The van der Waals surface area contributed by atoms with E-state index in [1.807, 2.05) is 0 Å². The van der Waals surface area contributed by atoms with Crippen LogP contribution in [0.15, 0.2) is 0 Å². The van der Waals surface area contributed by atoms with Gasteiger partial charge in [-0.25, -0.2) is 0 Å². The van der Waals surface area contributed by atoms with E-state index in [1.54, 1.807) is 0 Å². The molecule has 0 unspecified atom stereocenters. The topological polar surface area (TPSA) is 55.4 Å². The van der Waals surface area contributed by atoms with Gasteiger partial charge in [-0.3, -0.25) is 9.59 Å². The normalized spacial score (nSPS) is 9.08. The fourth-order valence-corrected chi connectivity index (χ4v) is 0.834. The Bertz CT molecular complexity index is 136. The van der Waals surface area contributed by atoms with Gasteiger partial charge >= 0.3 is 5.97 Å². The van der Waals surface area contributed by atoms with Crippen molar-refractivity contribution in [2.45, 2.75) is 25.7 Å². The van der Waals surface area contributed by atoms with Gasteiger partial charge in [0.25, 0.3) is 0 Å². The Morgan fingerprint density at radius 3 is 2.75 bits per heavy atom. The van der Waals surface area contributed by atoms with Gasteiger partial charge in [0.15, 0.2) is 0 Å². The highest BCUT2D eigenvalue weighted by Gasteiger charge is 1.98. The molecule has 12 heavy (non-hydrogen) atoms. The van der Waals surface area contributed by atoms with E-state index in [9.17, 15) is 9.59 Å². The third-order valence-electron chi connectivity index (χ3n) is 1.51. The number of hydrogen-bond donors (Lipinski definition) is 1. The minimum Gasteiger partial charge on any atom is -0.469 e. The fourth-order valence-electron chi connectivity index (χ4n) is 0.834. The Balaban J connectivity index is 3.00. The minimum atomic E-state index is -0.168. The van der Waals surface area contributed by atoms with Crippen LogP contribution in [0.25, 0.3) is 0 Å². The first kappa shape index (κ1) is 10.9. The quantitative estimate of drug-likeness (QED) is 0.346. The highest BCUT2D eigenvalue weighted by molar-refractivity contribution is 5.68.